The maximum atomic E-state index is 13.4. The maximum Gasteiger partial charge on any atom is 0.300 e. The second kappa shape index (κ2) is 10.4. The van der Waals surface area contributed by atoms with Crippen LogP contribution in [-0.2, 0) is 9.59 Å². The number of ketones is 1. The molecule has 2 fully saturated rings. The topological polar surface area (TPSA) is 83.0 Å². The number of aliphatic hydroxyl groups excluding tert-OH is 1. The third kappa shape index (κ3) is 4.65. The highest BCUT2D eigenvalue weighted by Crippen LogP contribution is 2.44. The summed E-state index contributed by atoms with van der Waals surface area (Å²) in [7, 11) is 1.43. The van der Waals surface area contributed by atoms with Gasteiger partial charge in [0.25, 0.3) is 11.7 Å². The molecule has 3 aromatic rings. The van der Waals surface area contributed by atoms with E-state index in [4.69, 9.17) is 27.9 Å². The predicted octanol–water partition coefficient (Wildman–Crippen LogP) is 6.01. The van der Waals surface area contributed by atoms with Crippen molar-refractivity contribution in [1.82, 2.24) is 4.98 Å². The van der Waals surface area contributed by atoms with Gasteiger partial charge in [-0.25, -0.2) is 0 Å². The van der Waals surface area contributed by atoms with Gasteiger partial charge in [0, 0.05) is 42.4 Å². The standard InChI is InChI=1S/C28H25Cl2N3O4/c1-37-27-21(29)14-18(15-22(27)30)25(34)23-24(17-6-5-11-31-16-17)33(28(36)26(23)35)20-9-7-19(8-10-20)32-12-3-2-4-13-32/h5-11,14-16,24,34H,2-4,12-13H2,1H3/b25-23+. The number of amides is 1. The average molecular weight is 538 g/mol. The number of rotatable bonds is 5. The van der Waals surface area contributed by atoms with Crippen molar-refractivity contribution in [3.05, 3.63) is 87.7 Å². The van der Waals surface area contributed by atoms with Crippen LogP contribution in [0.15, 0.2) is 66.5 Å². The van der Waals surface area contributed by atoms with Gasteiger partial charge in [-0.05, 0) is 67.3 Å². The number of hydrogen-bond donors (Lipinski definition) is 1. The van der Waals surface area contributed by atoms with Crippen molar-refractivity contribution in [2.45, 2.75) is 25.3 Å². The van der Waals surface area contributed by atoms with E-state index >= 15 is 0 Å². The van der Waals surface area contributed by atoms with E-state index in [9.17, 15) is 14.7 Å². The van der Waals surface area contributed by atoms with Crippen LogP contribution in [0.25, 0.3) is 5.76 Å². The largest absolute Gasteiger partial charge is 0.507 e. The van der Waals surface area contributed by atoms with Gasteiger partial charge in [-0.1, -0.05) is 29.3 Å². The zero-order valence-electron chi connectivity index (χ0n) is 20.2. The summed E-state index contributed by atoms with van der Waals surface area (Å²) in [6, 6.07) is 13.1. The molecule has 0 aliphatic carbocycles. The third-order valence-electron chi connectivity index (χ3n) is 6.77. The summed E-state index contributed by atoms with van der Waals surface area (Å²) in [6.45, 7) is 1.99. The molecule has 2 saturated heterocycles. The van der Waals surface area contributed by atoms with Crippen LogP contribution in [0, 0.1) is 0 Å². The number of aliphatic hydroxyl groups is 1. The molecule has 1 amide bonds. The van der Waals surface area contributed by atoms with E-state index in [1.54, 1.807) is 24.5 Å². The van der Waals surface area contributed by atoms with E-state index in [1.807, 2.05) is 24.3 Å². The molecular formula is C28H25Cl2N3O4. The Hall–Kier alpha value is -3.55. The lowest BCUT2D eigenvalue weighted by atomic mass is 9.96. The lowest BCUT2D eigenvalue weighted by Gasteiger charge is -2.30. The molecule has 0 radical (unpaired) electrons. The molecule has 1 unspecified atom stereocenters. The highest BCUT2D eigenvalue weighted by atomic mass is 35.5. The number of benzene rings is 2. The Morgan fingerprint density at radius 1 is 1.00 bits per heavy atom. The number of ether oxygens (including phenoxy) is 1. The second-order valence-electron chi connectivity index (χ2n) is 8.99. The van der Waals surface area contributed by atoms with Gasteiger partial charge < -0.3 is 14.7 Å². The van der Waals surface area contributed by atoms with E-state index in [-0.39, 0.29) is 32.7 Å². The molecule has 0 spiro atoms. The molecule has 2 aliphatic heterocycles. The summed E-state index contributed by atoms with van der Waals surface area (Å²) in [4.78, 5) is 34.6. The van der Waals surface area contributed by atoms with Crippen molar-refractivity contribution in [3.63, 3.8) is 0 Å². The van der Waals surface area contributed by atoms with Crippen LogP contribution in [0.2, 0.25) is 10.0 Å². The molecule has 7 nitrogen and oxygen atoms in total. The minimum Gasteiger partial charge on any atom is -0.507 e. The molecule has 3 heterocycles. The van der Waals surface area contributed by atoms with Gasteiger partial charge in [0.1, 0.15) is 5.76 Å². The highest BCUT2D eigenvalue weighted by molar-refractivity contribution is 6.51. The van der Waals surface area contributed by atoms with Gasteiger partial charge in [0.15, 0.2) is 5.75 Å². The number of carbonyl (C=O) groups is 2. The fourth-order valence-corrected chi connectivity index (χ4v) is 5.62. The molecule has 1 N–H and O–H groups in total. The monoisotopic (exact) mass is 537 g/mol. The normalized spacial score (nSPS) is 19.4. The van der Waals surface area contributed by atoms with Crippen LogP contribution >= 0.6 is 23.2 Å². The number of piperidine rings is 1. The van der Waals surface area contributed by atoms with Gasteiger partial charge in [0.2, 0.25) is 0 Å². The van der Waals surface area contributed by atoms with Crippen LogP contribution in [0.1, 0.15) is 36.4 Å². The van der Waals surface area contributed by atoms with Crippen LogP contribution in [0.4, 0.5) is 11.4 Å². The van der Waals surface area contributed by atoms with Gasteiger partial charge in [-0.3, -0.25) is 19.5 Å². The Morgan fingerprint density at radius 3 is 2.24 bits per heavy atom. The molecule has 1 atom stereocenters. The lowest BCUT2D eigenvalue weighted by Crippen LogP contribution is -2.30. The third-order valence-corrected chi connectivity index (χ3v) is 7.33. The molecule has 0 bridgehead atoms. The van der Waals surface area contributed by atoms with Gasteiger partial charge in [-0.15, -0.1) is 0 Å². The number of halogens is 2. The number of methoxy groups -OCH3 is 1. The number of anilines is 2. The molecule has 1 aromatic heterocycles. The quantitative estimate of drug-likeness (QED) is 0.243. The summed E-state index contributed by atoms with van der Waals surface area (Å²) in [6.07, 6.45) is 6.71. The van der Waals surface area contributed by atoms with Crippen molar-refractivity contribution in [1.29, 1.82) is 0 Å². The van der Waals surface area contributed by atoms with E-state index in [0.29, 0.717) is 11.3 Å². The van der Waals surface area contributed by atoms with Gasteiger partial charge in [-0.2, -0.15) is 0 Å². The summed E-state index contributed by atoms with van der Waals surface area (Å²) in [5.41, 5.74) is 2.31. The Labute approximate surface area is 224 Å². The van der Waals surface area contributed by atoms with Crippen LogP contribution in [-0.4, -0.2) is 42.0 Å². The molecule has 5 rings (SSSR count). The number of aromatic nitrogens is 1. The molecule has 37 heavy (non-hydrogen) atoms. The van der Waals surface area contributed by atoms with Crippen molar-refractivity contribution in [3.8, 4) is 5.75 Å². The van der Waals surface area contributed by atoms with E-state index < -0.39 is 17.7 Å². The Balaban J connectivity index is 1.61. The van der Waals surface area contributed by atoms with Gasteiger partial charge >= 0.3 is 0 Å². The highest BCUT2D eigenvalue weighted by Gasteiger charge is 2.47. The fraction of sp³-hybridized carbons (Fsp3) is 0.250. The summed E-state index contributed by atoms with van der Waals surface area (Å²) >= 11 is 12.6. The second-order valence-corrected chi connectivity index (χ2v) is 9.81. The number of carbonyl (C=O) groups excluding carboxylic acids is 2. The Morgan fingerprint density at radius 2 is 1.65 bits per heavy atom. The van der Waals surface area contributed by atoms with Crippen LogP contribution in [0.3, 0.4) is 0 Å². The van der Waals surface area contributed by atoms with E-state index in [2.05, 4.69) is 9.88 Å². The van der Waals surface area contributed by atoms with Crippen LogP contribution in [0.5, 0.6) is 5.75 Å². The van der Waals surface area contributed by atoms with Crippen LogP contribution < -0.4 is 14.5 Å². The Kier molecular flexibility index (Phi) is 7.09. The van der Waals surface area contributed by atoms with Crippen molar-refractivity contribution < 1.29 is 19.4 Å². The van der Waals surface area contributed by atoms with Gasteiger partial charge in [0.05, 0.1) is 28.8 Å². The molecule has 9 heteroatoms. The zero-order valence-corrected chi connectivity index (χ0v) is 21.7. The van der Waals surface area contributed by atoms with E-state index in [1.165, 1.54) is 30.6 Å². The van der Waals surface area contributed by atoms with Crippen molar-refractivity contribution in [2.75, 3.05) is 30.0 Å². The first-order chi connectivity index (χ1) is 17.9. The smallest absolute Gasteiger partial charge is 0.300 e. The molecule has 2 aromatic carbocycles. The number of Topliss-reactive ketones (excluding diaryl/α,β-unsaturated/α-hetero) is 1. The molecule has 190 valence electrons. The minimum absolute atomic E-state index is 0.0737. The summed E-state index contributed by atoms with van der Waals surface area (Å²) in [5, 5.41) is 11.7. The molecule has 2 aliphatic rings. The molecule has 0 saturated carbocycles. The van der Waals surface area contributed by atoms with E-state index in [0.717, 1.165) is 31.6 Å². The lowest BCUT2D eigenvalue weighted by molar-refractivity contribution is -0.132. The predicted molar refractivity (Wildman–Crippen MR) is 145 cm³/mol. The zero-order chi connectivity index (χ0) is 26.1. The summed E-state index contributed by atoms with van der Waals surface area (Å²) < 4.78 is 5.19. The summed E-state index contributed by atoms with van der Waals surface area (Å²) in [5.74, 6) is -1.69. The maximum absolute atomic E-state index is 13.4. The SMILES string of the molecule is COc1c(Cl)cc(/C(O)=C2\C(=O)C(=O)N(c3ccc(N4CCCCC4)cc3)C2c2cccnc2)cc1Cl. The first-order valence-electron chi connectivity index (χ1n) is 12.0. The fourth-order valence-electron chi connectivity index (χ4n) is 4.98. The Bertz CT molecular complexity index is 1350. The number of pyridine rings is 1. The average Bonchev–Trinajstić information content (AvgIpc) is 3.19. The first-order valence-corrected chi connectivity index (χ1v) is 12.8. The van der Waals surface area contributed by atoms with Crippen molar-refractivity contribution in [2.24, 2.45) is 0 Å². The number of hydrogen-bond acceptors (Lipinski definition) is 6. The number of nitrogens with zero attached hydrogens (tertiary/aromatic N) is 3. The molecular weight excluding hydrogens is 513 g/mol. The van der Waals surface area contributed by atoms with Crippen molar-refractivity contribution >= 4 is 52.0 Å². The minimum atomic E-state index is -0.894. The first kappa shape index (κ1) is 25.1.